The van der Waals surface area contributed by atoms with Crippen molar-refractivity contribution in [3.8, 4) is 11.5 Å². The van der Waals surface area contributed by atoms with E-state index in [1.807, 2.05) is 6.07 Å². The summed E-state index contributed by atoms with van der Waals surface area (Å²) in [6.45, 7) is 0.382. The third-order valence-electron chi connectivity index (χ3n) is 3.56. The Morgan fingerprint density at radius 1 is 1.17 bits per heavy atom. The SMILES string of the molecule is Nc1nc(-c2ccco2)c2nnn(Cc3ccc(Cl)cc3N)c2n1. The fourth-order valence-electron chi connectivity index (χ4n) is 2.44. The maximum absolute atomic E-state index is 6.00. The summed E-state index contributed by atoms with van der Waals surface area (Å²) in [6, 6.07) is 8.83. The van der Waals surface area contributed by atoms with Crippen molar-refractivity contribution in [2.24, 2.45) is 0 Å². The maximum atomic E-state index is 6.00. The summed E-state index contributed by atoms with van der Waals surface area (Å²) in [5.41, 5.74) is 14.8. The van der Waals surface area contributed by atoms with Crippen LogP contribution in [0.2, 0.25) is 5.02 Å². The van der Waals surface area contributed by atoms with Crippen molar-refractivity contribution in [2.75, 3.05) is 11.5 Å². The highest BCUT2D eigenvalue weighted by atomic mass is 35.5. The van der Waals surface area contributed by atoms with Gasteiger partial charge in [-0.15, -0.1) is 5.10 Å². The summed E-state index contributed by atoms with van der Waals surface area (Å²) in [7, 11) is 0. The van der Waals surface area contributed by atoms with Crippen molar-refractivity contribution in [3.63, 3.8) is 0 Å². The summed E-state index contributed by atoms with van der Waals surface area (Å²) in [4.78, 5) is 8.45. The molecule has 4 N–H and O–H groups in total. The highest BCUT2D eigenvalue weighted by Gasteiger charge is 2.17. The molecule has 4 rings (SSSR count). The van der Waals surface area contributed by atoms with E-state index >= 15 is 0 Å². The van der Waals surface area contributed by atoms with Crippen molar-refractivity contribution in [3.05, 3.63) is 47.2 Å². The molecule has 0 saturated carbocycles. The van der Waals surface area contributed by atoms with Crippen molar-refractivity contribution in [1.29, 1.82) is 0 Å². The first-order valence-corrected chi connectivity index (χ1v) is 7.44. The van der Waals surface area contributed by atoms with E-state index in [9.17, 15) is 0 Å². The van der Waals surface area contributed by atoms with Gasteiger partial charge in [0.05, 0.1) is 12.8 Å². The lowest BCUT2D eigenvalue weighted by molar-refractivity contribution is 0.580. The van der Waals surface area contributed by atoms with Crippen LogP contribution in [0.5, 0.6) is 0 Å². The number of nitrogens with two attached hydrogens (primary N) is 2. The Hall–Kier alpha value is -3.13. The van der Waals surface area contributed by atoms with Crippen LogP contribution in [0.25, 0.3) is 22.6 Å². The Bertz CT molecular complexity index is 1030. The summed E-state index contributed by atoms with van der Waals surface area (Å²) < 4.78 is 7.00. The summed E-state index contributed by atoms with van der Waals surface area (Å²) in [6.07, 6.45) is 1.55. The van der Waals surface area contributed by atoms with Gasteiger partial charge in [-0.05, 0) is 29.8 Å². The second-order valence-corrected chi connectivity index (χ2v) is 5.61. The summed E-state index contributed by atoms with van der Waals surface area (Å²) in [5, 5.41) is 8.88. The van der Waals surface area contributed by atoms with Gasteiger partial charge >= 0.3 is 0 Å². The normalized spacial score (nSPS) is 11.2. The highest BCUT2D eigenvalue weighted by Crippen LogP contribution is 2.26. The van der Waals surface area contributed by atoms with Crippen LogP contribution in [0.1, 0.15) is 5.56 Å². The number of aromatic nitrogens is 5. The second-order valence-electron chi connectivity index (χ2n) is 5.17. The molecule has 0 aliphatic carbocycles. The molecule has 8 nitrogen and oxygen atoms in total. The Morgan fingerprint density at radius 3 is 2.79 bits per heavy atom. The summed E-state index contributed by atoms with van der Waals surface area (Å²) in [5.74, 6) is 0.661. The minimum Gasteiger partial charge on any atom is -0.463 e. The molecule has 0 amide bonds. The second kappa shape index (κ2) is 5.50. The van der Waals surface area contributed by atoms with Crippen LogP contribution >= 0.6 is 11.6 Å². The third-order valence-corrected chi connectivity index (χ3v) is 3.80. The molecule has 24 heavy (non-hydrogen) atoms. The molecule has 0 radical (unpaired) electrons. The topological polar surface area (TPSA) is 122 Å². The quantitative estimate of drug-likeness (QED) is 0.548. The van der Waals surface area contributed by atoms with Gasteiger partial charge in [-0.3, -0.25) is 0 Å². The number of anilines is 2. The number of fused-ring (bicyclic) bond motifs is 1. The molecule has 0 atom stereocenters. The van der Waals surface area contributed by atoms with Gasteiger partial charge in [-0.25, -0.2) is 9.67 Å². The number of furan rings is 1. The van der Waals surface area contributed by atoms with Crippen molar-refractivity contribution < 1.29 is 4.42 Å². The van der Waals surface area contributed by atoms with E-state index in [1.54, 1.807) is 35.2 Å². The molecule has 0 saturated heterocycles. The van der Waals surface area contributed by atoms with Crippen LogP contribution in [-0.4, -0.2) is 25.0 Å². The lowest BCUT2D eigenvalue weighted by atomic mass is 10.2. The van der Waals surface area contributed by atoms with Gasteiger partial charge in [0.2, 0.25) is 5.95 Å². The molecule has 9 heteroatoms. The van der Waals surface area contributed by atoms with Gasteiger partial charge in [0, 0.05) is 10.7 Å². The van der Waals surface area contributed by atoms with Gasteiger partial charge in [-0.1, -0.05) is 22.9 Å². The van der Waals surface area contributed by atoms with E-state index in [4.69, 9.17) is 27.5 Å². The van der Waals surface area contributed by atoms with Crippen LogP contribution in [0.4, 0.5) is 11.6 Å². The molecular formula is C15H12ClN7O. The molecule has 0 bridgehead atoms. The number of nitrogen functional groups attached to an aromatic ring is 2. The van der Waals surface area contributed by atoms with E-state index < -0.39 is 0 Å². The molecule has 0 aliphatic heterocycles. The standard InChI is InChI=1S/C15H12ClN7O/c16-9-4-3-8(10(17)6-9)7-23-14-13(21-22-23)12(19-15(18)20-14)11-2-1-5-24-11/h1-6H,7,17H2,(H2,18,19,20). The molecular weight excluding hydrogens is 330 g/mol. The number of hydrogen-bond acceptors (Lipinski definition) is 7. The predicted octanol–water partition coefficient (Wildman–Crippen LogP) is 2.35. The zero-order chi connectivity index (χ0) is 16.7. The molecule has 1 aromatic carbocycles. The molecule has 0 spiro atoms. The smallest absolute Gasteiger partial charge is 0.222 e. The number of rotatable bonds is 3. The molecule has 3 aromatic heterocycles. The maximum Gasteiger partial charge on any atom is 0.222 e. The average Bonchev–Trinajstić information content (AvgIpc) is 3.20. The molecule has 0 aliphatic rings. The van der Waals surface area contributed by atoms with Crippen molar-refractivity contribution in [1.82, 2.24) is 25.0 Å². The van der Waals surface area contributed by atoms with Crippen LogP contribution in [0.3, 0.4) is 0 Å². The number of hydrogen-bond donors (Lipinski definition) is 2. The van der Waals surface area contributed by atoms with E-state index in [-0.39, 0.29) is 5.95 Å². The predicted molar refractivity (Wildman–Crippen MR) is 90.2 cm³/mol. The Kier molecular flexibility index (Phi) is 3.31. The van der Waals surface area contributed by atoms with Gasteiger partial charge < -0.3 is 15.9 Å². The number of benzene rings is 1. The monoisotopic (exact) mass is 341 g/mol. The van der Waals surface area contributed by atoms with E-state index in [1.165, 1.54) is 0 Å². The number of halogens is 1. The van der Waals surface area contributed by atoms with Gasteiger partial charge in [0.25, 0.3) is 0 Å². The fraction of sp³-hybridized carbons (Fsp3) is 0.0667. The first-order chi connectivity index (χ1) is 11.6. The minimum absolute atomic E-state index is 0.113. The average molecular weight is 342 g/mol. The lowest BCUT2D eigenvalue weighted by Crippen LogP contribution is -2.07. The molecule has 0 fully saturated rings. The Morgan fingerprint density at radius 2 is 2.04 bits per heavy atom. The zero-order valence-electron chi connectivity index (χ0n) is 12.3. The lowest BCUT2D eigenvalue weighted by Gasteiger charge is -2.07. The van der Waals surface area contributed by atoms with Crippen molar-refractivity contribution in [2.45, 2.75) is 6.54 Å². The van der Waals surface area contributed by atoms with Gasteiger partial charge in [0.15, 0.2) is 16.9 Å². The third kappa shape index (κ3) is 2.42. The highest BCUT2D eigenvalue weighted by molar-refractivity contribution is 6.30. The molecule has 3 heterocycles. The molecule has 4 aromatic rings. The largest absolute Gasteiger partial charge is 0.463 e. The van der Waals surface area contributed by atoms with Crippen molar-refractivity contribution >= 4 is 34.4 Å². The van der Waals surface area contributed by atoms with Gasteiger partial charge in [-0.2, -0.15) is 4.98 Å². The summed E-state index contributed by atoms with van der Waals surface area (Å²) >= 11 is 5.93. The van der Waals surface area contributed by atoms with Gasteiger partial charge in [0.1, 0.15) is 5.69 Å². The minimum atomic E-state index is 0.113. The Labute approximate surface area is 141 Å². The first kappa shape index (κ1) is 14.5. The van der Waals surface area contributed by atoms with E-state index in [0.29, 0.717) is 39.9 Å². The molecule has 120 valence electrons. The number of nitrogens with zero attached hydrogens (tertiary/aromatic N) is 5. The van der Waals surface area contributed by atoms with Crippen LogP contribution in [-0.2, 0) is 6.54 Å². The van der Waals surface area contributed by atoms with Crippen LogP contribution in [0.15, 0.2) is 41.0 Å². The fourth-order valence-corrected chi connectivity index (χ4v) is 2.62. The first-order valence-electron chi connectivity index (χ1n) is 7.06. The van der Waals surface area contributed by atoms with E-state index in [0.717, 1.165) is 5.56 Å². The molecule has 0 unspecified atom stereocenters. The Balaban J connectivity index is 1.83. The zero-order valence-corrected chi connectivity index (χ0v) is 13.1. The van der Waals surface area contributed by atoms with Crippen LogP contribution in [0, 0.1) is 0 Å². The van der Waals surface area contributed by atoms with E-state index in [2.05, 4.69) is 20.3 Å². The van der Waals surface area contributed by atoms with Crippen LogP contribution < -0.4 is 11.5 Å².